The molecule has 0 atom stereocenters. The van der Waals surface area contributed by atoms with E-state index in [1.54, 1.807) is 25.1 Å². The second-order valence-electron chi connectivity index (χ2n) is 5.10. The van der Waals surface area contributed by atoms with Crippen LogP contribution in [0, 0.1) is 11.6 Å². The second kappa shape index (κ2) is 6.24. The number of ether oxygens (including phenoxy) is 2. The highest BCUT2D eigenvalue weighted by molar-refractivity contribution is 5.94. The first-order valence-electron chi connectivity index (χ1n) is 7.22. The zero-order valence-electron chi connectivity index (χ0n) is 12.5. The molecule has 0 saturated carbocycles. The van der Waals surface area contributed by atoms with Crippen LogP contribution >= 0.6 is 0 Å². The van der Waals surface area contributed by atoms with Crippen LogP contribution < -0.4 is 9.47 Å². The molecule has 1 aliphatic rings. The minimum Gasteiger partial charge on any atom is -0.454 e. The SMILES string of the molecule is CCN(Cc1ccc2c(c1)OCO2)C(=O)c1c(F)cccc1F. The maximum atomic E-state index is 13.8. The van der Waals surface area contributed by atoms with E-state index in [9.17, 15) is 13.6 Å². The lowest BCUT2D eigenvalue weighted by Gasteiger charge is -2.21. The molecule has 3 rings (SSSR count). The third kappa shape index (κ3) is 2.97. The van der Waals surface area contributed by atoms with Gasteiger partial charge in [-0.1, -0.05) is 12.1 Å². The van der Waals surface area contributed by atoms with Gasteiger partial charge in [0.15, 0.2) is 11.5 Å². The molecule has 4 nitrogen and oxygen atoms in total. The molecule has 0 N–H and O–H groups in total. The van der Waals surface area contributed by atoms with Gasteiger partial charge in [-0.2, -0.15) is 0 Å². The minimum atomic E-state index is -0.862. The van der Waals surface area contributed by atoms with Crippen LogP contribution in [0.1, 0.15) is 22.8 Å². The maximum absolute atomic E-state index is 13.8. The number of carbonyl (C=O) groups excluding carboxylic acids is 1. The smallest absolute Gasteiger partial charge is 0.260 e. The lowest BCUT2D eigenvalue weighted by Crippen LogP contribution is -2.31. The third-order valence-electron chi connectivity index (χ3n) is 3.66. The van der Waals surface area contributed by atoms with Crippen LogP contribution in [0.4, 0.5) is 8.78 Å². The minimum absolute atomic E-state index is 0.162. The van der Waals surface area contributed by atoms with Gasteiger partial charge < -0.3 is 14.4 Å². The predicted octanol–water partition coefficient (Wildman–Crippen LogP) is 3.36. The van der Waals surface area contributed by atoms with Gasteiger partial charge in [0.2, 0.25) is 6.79 Å². The molecule has 0 bridgehead atoms. The highest BCUT2D eigenvalue weighted by Gasteiger charge is 2.23. The van der Waals surface area contributed by atoms with Crippen LogP contribution in [0.5, 0.6) is 11.5 Å². The van der Waals surface area contributed by atoms with Crippen LogP contribution in [0.3, 0.4) is 0 Å². The molecule has 1 aliphatic heterocycles. The first kappa shape index (κ1) is 15.3. The van der Waals surface area contributed by atoms with Gasteiger partial charge in [-0.05, 0) is 36.8 Å². The fraction of sp³-hybridized carbons (Fsp3) is 0.235. The monoisotopic (exact) mass is 319 g/mol. The van der Waals surface area contributed by atoms with Crippen molar-refractivity contribution in [3.8, 4) is 11.5 Å². The normalized spacial score (nSPS) is 12.3. The number of halogens is 2. The van der Waals surface area contributed by atoms with Crippen LogP contribution in [0.2, 0.25) is 0 Å². The molecule has 0 saturated heterocycles. The van der Waals surface area contributed by atoms with Crippen LogP contribution in [-0.4, -0.2) is 24.1 Å². The highest BCUT2D eigenvalue weighted by Crippen LogP contribution is 2.33. The summed E-state index contributed by atoms with van der Waals surface area (Å²) < 4.78 is 38.1. The molecule has 1 amide bonds. The first-order chi connectivity index (χ1) is 11.1. The average molecular weight is 319 g/mol. The fourth-order valence-electron chi connectivity index (χ4n) is 2.45. The molecule has 2 aromatic rings. The second-order valence-corrected chi connectivity index (χ2v) is 5.10. The predicted molar refractivity (Wildman–Crippen MR) is 79.3 cm³/mol. The average Bonchev–Trinajstić information content (AvgIpc) is 2.99. The molecule has 0 unspecified atom stereocenters. The number of amides is 1. The van der Waals surface area contributed by atoms with Crippen LogP contribution in [0.15, 0.2) is 36.4 Å². The summed E-state index contributed by atoms with van der Waals surface area (Å²) in [6.07, 6.45) is 0. The molecule has 0 fully saturated rings. The van der Waals surface area contributed by atoms with E-state index in [0.29, 0.717) is 18.0 Å². The molecule has 120 valence electrons. The summed E-state index contributed by atoms with van der Waals surface area (Å²) in [5.41, 5.74) is 0.260. The summed E-state index contributed by atoms with van der Waals surface area (Å²) in [6, 6.07) is 8.68. The van der Waals surface area contributed by atoms with Gasteiger partial charge in [0.05, 0.1) is 0 Å². The standard InChI is InChI=1S/C17H15F2NO3/c1-2-20(17(21)16-12(18)4-3-5-13(16)19)9-11-6-7-14-15(8-11)23-10-22-14/h3-8H,2,9-10H2,1H3. The summed E-state index contributed by atoms with van der Waals surface area (Å²) in [5, 5.41) is 0. The van der Waals surface area contributed by atoms with Crippen molar-refractivity contribution in [2.75, 3.05) is 13.3 Å². The fourth-order valence-corrected chi connectivity index (χ4v) is 2.45. The number of hydrogen-bond donors (Lipinski definition) is 0. The van der Waals surface area contributed by atoms with Crippen molar-refractivity contribution in [1.82, 2.24) is 4.90 Å². The van der Waals surface area contributed by atoms with Gasteiger partial charge >= 0.3 is 0 Å². The van der Waals surface area contributed by atoms with Crippen molar-refractivity contribution in [1.29, 1.82) is 0 Å². The molecule has 0 radical (unpaired) electrons. The van der Waals surface area contributed by atoms with Crippen LogP contribution in [-0.2, 0) is 6.54 Å². The Bertz CT molecular complexity index is 728. The number of carbonyl (C=O) groups is 1. The van der Waals surface area contributed by atoms with E-state index in [-0.39, 0.29) is 13.3 Å². The van der Waals surface area contributed by atoms with E-state index in [1.807, 2.05) is 0 Å². The number of fused-ring (bicyclic) bond motifs is 1. The number of nitrogens with zero attached hydrogens (tertiary/aromatic N) is 1. The van der Waals surface area contributed by atoms with Crippen molar-refractivity contribution in [2.24, 2.45) is 0 Å². The van der Waals surface area contributed by atoms with Crippen LogP contribution in [0.25, 0.3) is 0 Å². The first-order valence-corrected chi connectivity index (χ1v) is 7.22. The maximum Gasteiger partial charge on any atom is 0.260 e. The Morgan fingerprint density at radius 2 is 1.83 bits per heavy atom. The van der Waals surface area contributed by atoms with Gasteiger partial charge in [0, 0.05) is 13.1 Å². The number of benzene rings is 2. The molecular formula is C17H15F2NO3. The van der Waals surface area contributed by atoms with E-state index in [0.717, 1.165) is 17.7 Å². The lowest BCUT2D eigenvalue weighted by atomic mass is 10.1. The molecule has 0 spiro atoms. The molecule has 0 aromatic heterocycles. The van der Waals surface area contributed by atoms with E-state index in [2.05, 4.69) is 0 Å². The number of hydrogen-bond acceptors (Lipinski definition) is 3. The summed E-state index contributed by atoms with van der Waals surface area (Å²) in [5.74, 6) is -1.16. The lowest BCUT2D eigenvalue weighted by molar-refractivity contribution is 0.0742. The Balaban J connectivity index is 1.84. The van der Waals surface area contributed by atoms with Gasteiger partial charge in [-0.3, -0.25) is 4.79 Å². The quantitative estimate of drug-likeness (QED) is 0.867. The zero-order valence-corrected chi connectivity index (χ0v) is 12.5. The van der Waals surface area contributed by atoms with E-state index >= 15 is 0 Å². The Labute approximate surface area is 132 Å². The topological polar surface area (TPSA) is 38.8 Å². The Morgan fingerprint density at radius 3 is 2.52 bits per heavy atom. The molecule has 1 heterocycles. The Morgan fingerprint density at radius 1 is 1.13 bits per heavy atom. The molecule has 6 heteroatoms. The Kier molecular flexibility index (Phi) is 4.14. The highest BCUT2D eigenvalue weighted by atomic mass is 19.1. The molecule has 23 heavy (non-hydrogen) atoms. The van der Waals surface area contributed by atoms with E-state index in [1.165, 1.54) is 11.0 Å². The van der Waals surface area contributed by atoms with Crippen molar-refractivity contribution < 1.29 is 23.0 Å². The van der Waals surface area contributed by atoms with Gasteiger partial charge in [0.1, 0.15) is 17.2 Å². The van der Waals surface area contributed by atoms with Crippen molar-refractivity contribution in [2.45, 2.75) is 13.5 Å². The van der Waals surface area contributed by atoms with Crippen molar-refractivity contribution >= 4 is 5.91 Å². The van der Waals surface area contributed by atoms with E-state index < -0.39 is 23.1 Å². The van der Waals surface area contributed by atoms with Gasteiger partial charge in [-0.15, -0.1) is 0 Å². The van der Waals surface area contributed by atoms with Gasteiger partial charge in [-0.25, -0.2) is 8.78 Å². The van der Waals surface area contributed by atoms with E-state index in [4.69, 9.17) is 9.47 Å². The molecule has 0 aliphatic carbocycles. The van der Waals surface area contributed by atoms with Crippen molar-refractivity contribution in [3.05, 3.63) is 59.2 Å². The molecular weight excluding hydrogens is 304 g/mol. The number of rotatable bonds is 4. The summed E-state index contributed by atoms with van der Waals surface area (Å²) >= 11 is 0. The summed E-state index contributed by atoms with van der Waals surface area (Å²) in [6.45, 7) is 2.46. The molecule has 2 aromatic carbocycles. The summed E-state index contributed by atoms with van der Waals surface area (Å²) in [4.78, 5) is 13.8. The largest absolute Gasteiger partial charge is 0.454 e. The Hall–Kier alpha value is -2.63. The van der Waals surface area contributed by atoms with Crippen molar-refractivity contribution in [3.63, 3.8) is 0 Å². The summed E-state index contributed by atoms with van der Waals surface area (Å²) in [7, 11) is 0. The third-order valence-corrected chi connectivity index (χ3v) is 3.66. The van der Waals surface area contributed by atoms with Gasteiger partial charge in [0.25, 0.3) is 5.91 Å². The zero-order chi connectivity index (χ0) is 16.4.